The molecule has 1 aromatic rings. The Hall–Kier alpha value is -0.640. The van der Waals surface area contributed by atoms with Gasteiger partial charge in [-0.05, 0) is 65.3 Å². The molecule has 4 heteroatoms. The van der Waals surface area contributed by atoms with Gasteiger partial charge in [0.1, 0.15) is 16.2 Å². The standard InChI is InChI=1S/C15H20BrN3/c1-2-3-11-17-10(16)7-12(18-11)19-15-13-8-4-5-9(6-8)14(13)15/h7-9,13-15H,2-6H2,1H3,(H,17,18,19). The van der Waals surface area contributed by atoms with Gasteiger partial charge in [-0.1, -0.05) is 6.92 Å². The molecule has 4 atom stereocenters. The average Bonchev–Trinajstić information content (AvgIpc) is 2.78. The minimum Gasteiger partial charge on any atom is -0.367 e. The average molecular weight is 322 g/mol. The van der Waals surface area contributed by atoms with Crippen molar-refractivity contribution in [3.05, 3.63) is 16.5 Å². The Balaban J connectivity index is 1.49. The van der Waals surface area contributed by atoms with Crippen molar-refractivity contribution in [1.82, 2.24) is 9.97 Å². The SMILES string of the molecule is CCCc1nc(Br)cc(NC2C3C4CCC(C4)C23)n1. The zero-order valence-corrected chi connectivity index (χ0v) is 12.9. The molecule has 102 valence electrons. The third-order valence-electron chi connectivity index (χ3n) is 5.26. The lowest BCUT2D eigenvalue weighted by Gasteiger charge is -2.12. The number of halogens is 1. The van der Waals surface area contributed by atoms with Crippen molar-refractivity contribution in [2.75, 3.05) is 5.32 Å². The van der Waals surface area contributed by atoms with Crippen LogP contribution in [0.25, 0.3) is 0 Å². The number of nitrogens with one attached hydrogen (secondary N) is 1. The van der Waals surface area contributed by atoms with Crippen LogP contribution in [-0.4, -0.2) is 16.0 Å². The molecule has 0 saturated heterocycles. The second kappa shape index (κ2) is 4.44. The Labute approximate surface area is 122 Å². The van der Waals surface area contributed by atoms with Crippen molar-refractivity contribution in [2.24, 2.45) is 23.7 Å². The number of aromatic nitrogens is 2. The summed E-state index contributed by atoms with van der Waals surface area (Å²) in [5, 5.41) is 3.68. The topological polar surface area (TPSA) is 37.8 Å². The third kappa shape index (κ3) is 1.99. The van der Waals surface area contributed by atoms with Gasteiger partial charge in [-0.2, -0.15) is 0 Å². The van der Waals surface area contributed by atoms with Gasteiger partial charge in [-0.25, -0.2) is 9.97 Å². The van der Waals surface area contributed by atoms with Crippen LogP contribution in [0.1, 0.15) is 38.4 Å². The first-order chi connectivity index (χ1) is 9.26. The van der Waals surface area contributed by atoms with E-state index in [1.165, 1.54) is 19.3 Å². The second-order valence-electron chi connectivity index (χ2n) is 6.40. The van der Waals surface area contributed by atoms with Crippen molar-refractivity contribution < 1.29 is 0 Å². The van der Waals surface area contributed by atoms with Gasteiger partial charge < -0.3 is 5.32 Å². The molecule has 3 aliphatic rings. The minimum absolute atomic E-state index is 0.697. The summed E-state index contributed by atoms with van der Waals surface area (Å²) in [7, 11) is 0. The van der Waals surface area contributed by atoms with E-state index in [1.54, 1.807) is 0 Å². The molecule has 3 nitrogen and oxygen atoms in total. The van der Waals surface area contributed by atoms with Crippen LogP contribution in [0.4, 0.5) is 5.82 Å². The van der Waals surface area contributed by atoms with E-state index in [0.717, 1.165) is 52.8 Å². The van der Waals surface area contributed by atoms with E-state index >= 15 is 0 Å². The maximum atomic E-state index is 4.65. The monoisotopic (exact) mass is 321 g/mol. The molecule has 0 aromatic carbocycles. The van der Waals surface area contributed by atoms with Crippen molar-refractivity contribution in [2.45, 2.75) is 45.1 Å². The van der Waals surface area contributed by atoms with Gasteiger partial charge >= 0.3 is 0 Å². The lowest BCUT2D eigenvalue weighted by molar-refractivity contribution is 0.456. The molecule has 3 aliphatic carbocycles. The summed E-state index contributed by atoms with van der Waals surface area (Å²) in [6.45, 7) is 2.17. The molecule has 1 aromatic heterocycles. The van der Waals surface area contributed by atoms with Gasteiger partial charge in [0.05, 0.1) is 0 Å². The smallest absolute Gasteiger partial charge is 0.132 e. The van der Waals surface area contributed by atoms with E-state index in [2.05, 4.69) is 38.1 Å². The highest BCUT2D eigenvalue weighted by Gasteiger charge is 2.65. The number of hydrogen-bond acceptors (Lipinski definition) is 3. The van der Waals surface area contributed by atoms with Gasteiger partial charge in [0, 0.05) is 18.5 Å². The van der Waals surface area contributed by atoms with Crippen molar-refractivity contribution in [3.63, 3.8) is 0 Å². The predicted molar refractivity (Wildman–Crippen MR) is 78.9 cm³/mol. The van der Waals surface area contributed by atoms with Crippen LogP contribution in [-0.2, 0) is 6.42 Å². The molecule has 1 N–H and O–H groups in total. The Morgan fingerprint density at radius 1 is 1.26 bits per heavy atom. The predicted octanol–water partition coefficient (Wildman–Crippen LogP) is 3.65. The molecule has 0 aliphatic heterocycles. The van der Waals surface area contributed by atoms with E-state index in [1.807, 2.05) is 6.07 Å². The molecular formula is C15H20BrN3. The summed E-state index contributed by atoms with van der Waals surface area (Å²) >= 11 is 3.50. The molecule has 1 heterocycles. The first-order valence-electron chi connectivity index (χ1n) is 7.56. The maximum absolute atomic E-state index is 4.65. The molecule has 0 spiro atoms. The highest BCUT2D eigenvalue weighted by Crippen LogP contribution is 2.66. The molecule has 4 rings (SSSR count). The fourth-order valence-electron chi connectivity index (χ4n) is 4.56. The van der Waals surface area contributed by atoms with Gasteiger partial charge in [0.15, 0.2) is 0 Å². The van der Waals surface area contributed by atoms with E-state index in [4.69, 9.17) is 0 Å². The molecule has 2 bridgehead atoms. The largest absolute Gasteiger partial charge is 0.367 e. The first kappa shape index (κ1) is 12.1. The Morgan fingerprint density at radius 2 is 2.00 bits per heavy atom. The molecule has 0 amide bonds. The van der Waals surface area contributed by atoms with E-state index in [0.29, 0.717) is 6.04 Å². The van der Waals surface area contributed by atoms with Crippen molar-refractivity contribution in [1.29, 1.82) is 0 Å². The molecular weight excluding hydrogens is 302 g/mol. The summed E-state index contributed by atoms with van der Waals surface area (Å²) in [5.74, 6) is 5.88. The highest BCUT2D eigenvalue weighted by atomic mass is 79.9. The Kier molecular flexibility index (Phi) is 2.83. The van der Waals surface area contributed by atoms with Gasteiger partial charge in [-0.15, -0.1) is 0 Å². The Bertz CT molecular complexity index is 488. The first-order valence-corrected chi connectivity index (χ1v) is 8.35. The Morgan fingerprint density at radius 3 is 2.68 bits per heavy atom. The van der Waals surface area contributed by atoms with Gasteiger partial charge in [0.25, 0.3) is 0 Å². The molecule has 0 radical (unpaired) electrons. The summed E-state index contributed by atoms with van der Waals surface area (Å²) in [6, 6.07) is 2.72. The van der Waals surface area contributed by atoms with E-state index in [9.17, 15) is 0 Å². The molecule has 3 fully saturated rings. The number of fused-ring (bicyclic) bond motifs is 5. The fraction of sp³-hybridized carbons (Fsp3) is 0.733. The van der Waals surface area contributed by atoms with Crippen molar-refractivity contribution >= 4 is 21.7 Å². The maximum Gasteiger partial charge on any atom is 0.132 e. The van der Waals surface area contributed by atoms with Crippen LogP contribution in [0.15, 0.2) is 10.7 Å². The van der Waals surface area contributed by atoms with Crippen LogP contribution in [0.5, 0.6) is 0 Å². The van der Waals surface area contributed by atoms with Crippen LogP contribution in [0, 0.1) is 23.7 Å². The number of anilines is 1. The van der Waals surface area contributed by atoms with E-state index < -0.39 is 0 Å². The number of rotatable bonds is 4. The number of aryl methyl sites for hydroxylation is 1. The van der Waals surface area contributed by atoms with Crippen LogP contribution >= 0.6 is 15.9 Å². The molecule has 19 heavy (non-hydrogen) atoms. The highest BCUT2D eigenvalue weighted by molar-refractivity contribution is 9.10. The molecule has 3 saturated carbocycles. The van der Waals surface area contributed by atoms with Crippen LogP contribution in [0.3, 0.4) is 0 Å². The fourth-order valence-corrected chi connectivity index (χ4v) is 4.98. The zero-order chi connectivity index (χ0) is 13.0. The zero-order valence-electron chi connectivity index (χ0n) is 11.3. The lowest BCUT2D eigenvalue weighted by atomic mass is 10.0. The van der Waals surface area contributed by atoms with Crippen LogP contribution < -0.4 is 5.32 Å². The summed E-state index contributed by atoms with van der Waals surface area (Å²) in [5.41, 5.74) is 0. The van der Waals surface area contributed by atoms with Crippen LogP contribution in [0.2, 0.25) is 0 Å². The summed E-state index contributed by atoms with van der Waals surface area (Å²) < 4.78 is 0.905. The minimum atomic E-state index is 0.697. The van der Waals surface area contributed by atoms with Crippen molar-refractivity contribution in [3.8, 4) is 0 Å². The normalized spacial score (nSPS) is 38.3. The van der Waals surface area contributed by atoms with Gasteiger partial charge in [0.2, 0.25) is 0 Å². The lowest BCUT2D eigenvalue weighted by Crippen LogP contribution is -2.14. The number of nitrogens with zero attached hydrogens (tertiary/aromatic N) is 2. The quantitative estimate of drug-likeness (QED) is 0.860. The molecule has 4 unspecified atom stereocenters. The van der Waals surface area contributed by atoms with Gasteiger partial charge in [-0.3, -0.25) is 0 Å². The number of hydrogen-bond donors (Lipinski definition) is 1. The third-order valence-corrected chi connectivity index (χ3v) is 5.67. The summed E-state index contributed by atoms with van der Waals surface area (Å²) in [4.78, 5) is 9.08. The van der Waals surface area contributed by atoms with E-state index in [-0.39, 0.29) is 0 Å². The summed E-state index contributed by atoms with van der Waals surface area (Å²) in [6.07, 6.45) is 6.49. The second-order valence-corrected chi connectivity index (χ2v) is 7.21.